The third-order valence-electron chi connectivity index (χ3n) is 9.52. The molecule has 42 heavy (non-hydrogen) atoms. The average molecular weight is 571 g/mol. The summed E-state index contributed by atoms with van der Waals surface area (Å²) < 4.78 is 2.51. The van der Waals surface area contributed by atoms with E-state index in [1.165, 1.54) is 133 Å². The molecule has 2 heteroatoms. The van der Waals surface area contributed by atoms with Crippen LogP contribution in [0.1, 0.15) is 159 Å². The van der Waals surface area contributed by atoms with Crippen molar-refractivity contribution in [2.75, 3.05) is 0 Å². The summed E-state index contributed by atoms with van der Waals surface area (Å²) in [4.78, 5) is 5.11. The molecule has 2 aromatic carbocycles. The normalized spacial score (nSPS) is 13.7. The highest BCUT2D eigenvalue weighted by atomic mass is 15.1. The average Bonchev–Trinajstić information content (AvgIpc) is 3.48. The van der Waals surface area contributed by atoms with Gasteiger partial charge in [-0.1, -0.05) is 184 Å². The lowest BCUT2D eigenvalue weighted by atomic mass is 9.66. The lowest BCUT2D eigenvalue weighted by Gasteiger charge is -2.39. The monoisotopic (exact) mass is 570 g/mol. The molecule has 2 nitrogen and oxygen atoms in total. The summed E-state index contributed by atoms with van der Waals surface area (Å²) in [5.41, 5.74) is 2.84. The fraction of sp³-hybridized carbons (Fsp3) is 0.625. The molecule has 2 atom stereocenters. The molecular formula is C40H62N2. The number of aromatic nitrogens is 2. The molecule has 1 heterocycles. The fourth-order valence-corrected chi connectivity index (χ4v) is 6.89. The molecule has 0 N–H and O–H groups in total. The van der Waals surface area contributed by atoms with Gasteiger partial charge in [-0.15, -0.1) is 0 Å². The summed E-state index contributed by atoms with van der Waals surface area (Å²) in [6.07, 6.45) is 29.8. The van der Waals surface area contributed by atoms with E-state index in [0.717, 1.165) is 13.0 Å². The lowest BCUT2D eigenvalue weighted by molar-refractivity contribution is 0.321. The van der Waals surface area contributed by atoms with Crippen molar-refractivity contribution in [3.63, 3.8) is 0 Å². The van der Waals surface area contributed by atoms with Crippen LogP contribution in [0.15, 0.2) is 73.1 Å². The van der Waals surface area contributed by atoms with Crippen LogP contribution >= 0.6 is 0 Å². The van der Waals surface area contributed by atoms with Gasteiger partial charge < -0.3 is 4.57 Å². The minimum Gasteiger partial charge on any atom is -0.335 e. The standard InChI is InChI=1S/C40H62N2/c1-4-6-8-10-12-13-14-15-16-17-25-31-38(39-41-32-34-42(39)33-26-18-11-9-7-5-2)40(3,37-29-23-20-24-30-37)35-36-27-21-19-22-28-36/h19-24,27-30,32,34,38H,4-18,25-26,31,33,35H2,1-3H3. The molecule has 3 rings (SSSR count). The van der Waals surface area contributed by atoms with E-state index in [9.17, 15) is 0 Å². The van der Waals surface area contributed by atoms with Crippen LogP contribution in [-0.4, -0.2) is 9.55 Å². The molecule has 0 amide bonds. The van der Waals surface area contributed by atoms with Gasteiger partial charge in [-0.05, 0) is 30.4 Å². The van der Waals surface area contributed by atoms with Gasteiger partial charge in [0.1, 0.15) is 5.82 Å². The summed E-state index contributed by atoms with van der Waals surface area (Å²) in [6, 6.07) is 22.5. The van der Waals surface area contributed by atoms with Gasteiger partial charge in [-0.3, -0.25) is 0 Å². The van der Waals surface area contributed by atoms with E-state index < -0.39 is 0 Å². The van der Waals surface area contributed by atoms with Crippen LogP contribution in [0.5, 0.6) is 0 Å². The van der Waals surface area contributed by atoms with Crippen molar-refractivity contribution < 1.29 is 0 Å². The van der Waals surface area contributed by atoms with Crippen LogP contribution in [0.25, 0.3) is 0 Å². The van der Waals surface area contributed by atoms with Crippen molar-refractivity contribution in [1.82, 2.24) is 9.55 Å². The van der Waals surface area contributed by atoms with Gasteiger partial charge in [0.05, 0.1) is 0 Å². The number of hydrogen-bond acceptors (Lipinski definition) is 1. The van der Waals surface area contributed by atoms with Crippen LogP contribution in [0.4, 0.5) is 0 Å². The Labute approximate surface area is 259 Å². The predicted molar refractivity (Wildman–Crippen MR) is 183 cm³/mol. The van der Waals surface area contributed by atoms with Crippen LogP contribution in [0.3, 0.4) is 0 Å². The van der Waals surface area contributed by atoms with E-state index in [0.29, 0.717) is 5.92 Å². The molecule has 0 bridgehead atoms. The molecule has 0 aliphatic carbocycles. The molecule has 2 unspecified atom stereocenters. The first-order valence-corrected chi connectivity index (χ1v) is 17.8. The number of benzene rings is 2. The Kier molecular flexibility index (Phi) is 16.7. The Bertz CT molecular complexity index is 1040. The van der Waals surface area contributed by atoms with Gasteiger partial charge in [-0.25, -0.2) is 4.98 Å². The molecule has 232 valence electrons. The maximum atomic E-state index is 5.11. The van der Waals surface area contributed by atoms with Gasteiger partial charge in [-0.2, -0.15) is 0 Å². The summed E-state index contributed by atoms with van der Waals surface area (Å²) in [5.74, 6) is 1.69. The summed E-state index contributed by atoms with van der Waals surface area (Å²) >= 11 is 0. The molecule has 0 aliphatic heterocycles. The van der Waals surface area contributed by atoms with Crippen LogP contribution in [0, 0.1) is 0 Å². The van der Waals surface area contributed by atoms with Crippen molar-refractivity contribution in [3.05, 3.63) is 90.0 Å². The van der Waals surface area contributed by atoms with Gasteiger partial charge >= 0.3 is 0 Å². The van der Waals surface area contributed by atoms with Crippen molar-refractivity contribution in [3.8, 4) is 0 Å². The number of imidazole rings is 1. The summed E-state index contributed by atoms with van der Waals surface area (Å²) in [5, 5.41) is 0. The number of rotatable bonds is 24. The van der Waals surface area contributed by atoms with Crippen molar-refractivity contribution in [1.29, 1.82) is 0 Å². The second-order valence-corrected chi connectivity index (χ2v) is 13.1. The Morgan fingerprint density at radius 1 is 0.619 bits per heavy atom. The van der Waals surface area contributed by atoms with Gasteiger partial charge in [0, 0.05) is 30.3 Å². The Hall–Kier alpha value is -2.35. The summed E-state index contributed by atoms with van der Waals surface area (Å²) in [6.45, 7) is 8.21. The Morgan fingerprint density at radius 3 is 1.69 bits per heavy atom. The summed E-state index contributed by atoms with van der Waals surface area (Å²) in [7, 11) is 0. The van der Waals surface area contributed by atoms with E-state index in [-0.39, 0.29) is 5.41 Å². The molecule has 0 saturated heterocycles. The minimum atomic E-state index is -0.0225. The number of hydrogen-bond donors (Lipinski definition) is 0. The zero-order chi connectivity index (χ0) is 29.7. The fourth-order valence-electron chi connectivity index (χ4n) is 6.89. The lowest BCUT2D eigenvalue weighted by Crippen LogP contribution is -2.35. The molecular weight excluding hydrogens is 508 g/mol. The molecule has 3 aromatic rings. The third-order valence-corrected chi connectivity index (χ3v) is 9.52. The maximum Gasteiger partial charge on any atom is 0.112 e. The molecule has 1 aromatic heterocycles. The molecule has 0 radical (unpaired) electrons. The highest BCUT2D eigenvalue weighted by Gasteiger charge is 2.39. The van der Waals surface area contributed by atoms with E-state index in [4.69, 9.17) is 4.98 Å². The van der Waals surface area contributed by atoms with Crippen LogP contribution in [-0.2, 0) is 18.4 Å². The van der Waals surface area contributed by atoms with E-state index in [1.807, 2.05) is 0 Å². The zero-order valence-electron chi connectivity index (χ0n) is 27.5. The quantitative estimate of drug-likeness (QED) is 0.0979. The van der Waals surface area contributed by atoms with Gasteiger partial charge in [0.25, 0.3) is 0 Å². The predicted octanol–water partition coefficient (Wildman–Crippen LogP) is 12.2. The number of nitrogens with zero attached hydrogens (tertiary/aromatic N) is 2. The molecule has 0 fully saturated rings. The van der Waals surface area contributed by atoms with E-state index in [2.05, 4.69) is 98.4 Å². The van der Waals surface area contributed by atoms with Crippen LogP contribution < -0.4 is 0 Å². The number of unbranched alkanes of at least 4 members (excludes halogenated alkanes) is 15. The maximum absolute atomic E-state index is 5.11. The molecule has 0 saturated carbocycles. The highest BCUT2D eigenvalue weighted by Crippen LogP contribution is 2.44. The largest absolute Gasteiger partial charge is 0.335 e. The van der Waals surface area contributed by atoms with Crippen molar-refractivity contribution in [2.45, 2.75) is 161 Å². The Balaban J connectivity index is 1.71. The SMILES string of the molecule is CCCCCCCCCCCCCC(c1nccn1CCCCCCCC)C(C)(Cc1ccccc1)c1ccccc1. The second-order valence-electron chi connectivity index (χ2n) is 13.1. The van der Waals surface area contributed by atoms with Crippen LogP contribution in [0.2, 0.25) is 0 Å². The van der Waals surface area contributed by atoms with Crippen molar-refractivity contribution in [2.24, 2.45) is 0 Å². The third kappa shape index (κ3) is 11.7. The smallest absolute Gasteiger partial charge is 0.112 e. The van der Waals surface area contributed by atoms with Gasteiger partial charge in [0.2, 0.25) is 0 Å². The molecule has 0 spiro atoms. The van der Waals surface area contributed by atoms with E-state index >= 15 is 0 Å². The highest BCUT2D eigenvalue weighted by molar-refractivity contribution is 5.33. The first-order chi connectivity index (χ1) is 20.7. The Morgan fingerprint density at radius 2 is 1.12 bits per heavy atom. The topological polar surface area (TPSA) is 17.8 Å². The second kappa shape index (κ2) is 20.5. The van der Waals surface area contributed by atoms with Crippen molar-refractivity contribution >= 4 is 0 Å². The zero-order valence-corrected chi connectivity index (χ0v) is 27.5. The molecule has 0 aliphatic rings. The minimum absolute atomic E-state index is 0.0225. The number of aryl methyl sites for hydroxylation is 1. The first-order valence-electron chi connectivity index (χ1n) is 17.8. The van der Waals surface area contributed by atoms with E-state index in [1.54, 1.807) is 0 Å². The first kappa shape index (κ1) is 34.1. The van der Waals surface area contributed by atoms with Gasteiger partial charge in [0.15, 0.2) is 0 Å².